The molecular formula is C22H27N7O. The molecule has 2 aliphatic rings. The molecule has 0 atom stereocenters. The molecule has 1 aliphatic heterocycles. The summed E-state index contributed by atoms with van der Waals surface area (Å²) < 4.78 is 1.68. The number of nitrogens with one attached hydrogen (secondary N) is 1. The van der Waals surface area contributed by atoms with E-state index in [2.05, 4.69) is 30.7 Å². The van der Waals surface area contributed by atoms with Gasteiger partial charge in [0.15, 0.2) is 5.82 Å². The molecule has 8 heteroatoms. The molecule has 30 heavy (non-hydrogen) atoms. The van der Waals surface area contributed by atoms with Crippen molar-refractivity contribution >= 4 is 22.6 Å². The Balaban J connectivity index is 1.26. The summed E-state index contributed by atoms with van der Waals surface area (Å²) in [6, 6.07) is 8.42. The summed E-state index contributed by atoms with van der Waals surface area (Å²) >= 11 is 0. The molecule has 0 radical (unpaired) electrons. The van der Waals surface area contributed by atoms with E-state index < -0.39 is 0 Å². The summed E-state index contributed by atoms with van der Waals surface area (Å²) in [5.74, 6) is 0.631. The van der Waals surface area contributed by atoms with E-state index in [0.717, 1.165) is 47.8 Å². The van der Waals surface area contributed by atoms with Crippen LogP contribution in [-0.4, -0.2) is 55.1 Å². The van der Waals surface area contributed by atoms with Crippen molar-refractivity contribution in [2.45, 2.75) is 44.6 Å². The topological polar surface area (TPSA) is 88.8 Å². The van der Waals surface area contributed by atoms with E-state index in [9.17, 15) is 4.79 Å². The van der Waals surface area contributed by atoms with Crippen molar-refractivity contribution < 1.29 is 4.79 Å². The number of fused-ring (bicyclic) bond motifs is 1. The van der Waals surface area contributed by atoms with Gasteiger partial charge in [0.2, 0.25) is 5.91 Å². The molecular weight excluding hydrogens is 378 g/mol. The SMILES string of the molecule is Cn1cc(-c2ccc3nnc(NC(=O)C4CCC(N5CCCC5)CC4)cc3c2)nn1. The van der Waals surface area contributed by atoms with E-state index in [4.69, 9.17) is 0 Å². The first-order valence-electron chi connectivity index (χ1n) is 10.8. The van der Waals surface area contributed by atoms with E-state index >= 15 is 0 Å². The zero-order valence-electron chi connectivity index (χ0n) is 17.3. The number of nitrogens with zero attached hydrogens (tertiary/aromatic N) is 6. The molecule has 1 saturated carbocycles. The van der Waals surface area contributed by atoms with Crippen molar-refractivity contribution in [2.24, 2.45) is 13.0 Å². The van der Waals surface area contributed by atoms with Crippen LogP contribution in [0.15, 0.2) is 30.5 Å². The monoisotopic (exact) mass is 405 g/mol. The molecule has 1 N–H and O–H groups in total. The van der Waals surface area contributed by atoms with Gasteiger partial charge in [0.1, 0.15) is 5.69 Å². The van der Waals surface area contributed by atoms with Crippen molar-refractivity contribution in [3.8, 4) is 11.3 Å². The number of carbonyl (C=O) groups is 1. The first-order valence-corrected chi connectivity index (χ1v) is 10.8. The van der Waals surface area contributed by atoms with E-state index in [0.29, 0.717) is 11.9 Å². The molecule has 8 nitrogen and oxygen atoms in total. The highest BCUT2D eigenvalue weighted by Gasteiger charge is 2.30. The van der Waals surface area contributed by atoms with Crippen LogP contribution in [0.25, 0.3) is 22.2 Å². The van der Waals surface area contributed by atoms with Gasteiger partial charge in [-0.15, -0.1) is 15.3 Å². The molecule has 2 fully saturated rings. The van der Waals surface area contributed by atoms with Crippen LogP contribution in [0.1, 0.15) is 38.5 Å². The van der Waals surface area contributed by atoms with Crippen molar-refractivity contribution in [1.82, 2.24) is 30.1 Å². The molecule has 156 valence electrons. The van der Waals surface area contributed by atoms with Crippen LogP contribution < -0.4 is 5.32 Å². The van der Waals surface area contributed by atoms with Gasteiger partial charge in [-0.3, -0.25) is 9.48 Å². The quantitative estimate of drug-likeness (QED) is 0.718. The standard InChI is InChI=1S/C22H27N7O/c1-28-14-20(25-27-28)16-6-9-19-17(12-16)13-21(26-24-19)23-22(30)15-4-7-18(8-5-15)29-10-2-3-11-29/h6,9,12-15,18H,2-5,7-8,10-11H2,1H3,(H,23,26,30). The summed E-state index contributed by atoms with van der Waals surface area (Å²) in [5, 5.41) is 20.5. The second-order valence-corrected chi connectivity index (χ2v) is 8.52. The number of likely N-dealkylation sites (tertiary alicyclic amines) is 1. The zero-order chi connectivity index (χ0) is 20.5. The third-order valence-corrected chi connectivity index (χ3v) is 6.46. The van der Waals surface area contributed by atoms with Crippen molar-refractivity contribution in [3.05, 3.63) is 30.5 Å². The van der Waals surface area contributed by atoms with Crippen LogP contribution in [0.3, 0.4) is 0 Å². The predicted molar refractivity (Wildman–Crippen MR) is 115 cm³/mol. The van der Waals surface area contributed by atoms with E-state index in [1.807, 2.05) is 37.5 Å². The number of carbonyl (C=O) groups excluding carboxylic acids is 1. The van der Waals surface area contributed by atoms with Crippen LogP contribution in [0.5, 0.6) is 0 Å². The zero-order valence-corrected chi connectivity index (χ0v) is 17.3. The van der Waals surface area contributed by atoms with Crippen molar-refractivity contribution in [2.75, 3.05) is 18.4 Å². The summed E-state index contributed by atoms with van der Waals surface area (Å²) in [7, 11) is 1.84. The smallest absolute Gasteiger partial charge is 0.228 e. The van der Waals surface area contributed by atoms with Crippen molar-refractivity contribution in [1.29, 1.82) is 0 Å². The third kappa shape index (κ3) is 3.92. The number of anilines is 1. The minimum atomic E-state index is 0.0623. The largest absolute Gasteiger partial charge is 0.309 e. The lowest BCUT2D eigenvalue weighted by Crippen LogP contribution is -2.38. The number of amides is 1. The molecule has 0 bridgehead atoms. The number of benzene rings is 1. The van der Waals surface area contributed by atoms with Gasteiger partial charge in [-0.05, 0) is 69.8 Å². The molecule has 0 spiro atoms. The lowest BCUT2D eigenvalue weighted by molar-refractivity contribution is -0.121. The fourth-order valence-electron chi connectivity index (χ4n) is 4.78. The molecule has 1 amide bonds. The van der Waals surface area contributed by atoms with Gasteiger partial charge in [0.05, 0.1) is 11.7 Å². The number of hydrogen-bond donors (Lipinski definition) is 1. The Morgan fingerprint density at radius 2 is 1.83 bits per heavy atom. The molecule has 3 aromatic rings. The molecule has 1 aliphatic carbocycles. The highest BCUT2D eigenvalue weighted by atomic mass is 16.2. The summed E-state index contributed by atoms with van der Waals surface area (Å²) in [5.41, 5.74) is 2.55. The molecule has 2 aromatic heterocycles. The highest BCUT2D eigenvalue weighted by Crippen LogP contribution is 2.30. The van der Waals surface area contributed by atoms with Gasteiger partial charge in [-0.2, -0.15) is 0 Å². The number of aromatic nitrogens is 5. The Bertz CT molecular complexity index is 1050. The molecule has 0 unspecified atom stereocenters. The van der Waals surface area contributed by atoms with Gasteiger partial charge in [0.25, 0.3) is 0 Å². The molecule has 1 saturated heterocycles. The van der Waals surface area contributed by atoms with E-state index in [-0.39, 0.29) is 11.8 Å². The number of rotatable bonds is 4. The Morgan fingerprint density at radius 1 is 1.03 bits per heavy atom. The maximum Gasteiger partial charge on any atom is 0.228 e. The third-order valence-electron chi connectivity index (χ3n) is 6.46. The van der Waals surface area contributed by atoms with Crippen LogP contribution >= 0.6 is 0 Å². The fraction of sp³-hybridized carbons (Fsp3) is 0.500. The predicted octanol–water partition coefficient (Wildman–Crippen LogP) is 3.02. The van der Waals surface area contributed by atoms with Crippen molar-refractivity contribution in [3.63, 3.8) is 0 Å². The second kappa shape index (κ2) is 8.10. The van der Waals surface area contributed by atoms with Gasteiger partial charge in [-0.1, -0.05) is 11.3 Å². The first kappa shape index (κ1) is 19.1. The molecule has 3 heterocycles. The van der Waals surface area contributed by atoms with Crippen LogP contribution in [0.4, 0.5) is 5.82 Å². The summed E-state index contributed by atoms with van der Waals surface area (Å²) in [4.78, 5) is 15.4. The highest BCUT2D eigenvalue weighted by molar-refractivity contribution is 5.94. The summed E-state index contributed by atoms with van der Waals surface area (Å²) in [6.45, 7) is 2.45. The Labute approximate surface area is 175 Å². The number of hydrogen-bond acceptors (Lipinski definition) is 6. The Kier molecular flexibility index (Phi) is 5.16. The average molecular weight is 406 g/mol. The maximum atomic E-state index is 12.8. The minimum Gasteiger partial charge on any atom is -0.309 e. The van der Waals surface area contributed by atoms with Gasteiger partial charge in [-0.25, -0.2) is 0 Å². The normalized spacial score (nSPS) is 22.4. The van der Waals surface area contributed by atoms with Gasteiger partial charge >= 0.3 is 0 Å². The Morgan fingerprint density at radius 3 is 2.57 bits per heavy atom. The van der Waals surface area contributed by atoms with Crippen LogP contribution in [0.2, 0.25) is 0 Å². The van der Waals surface area contributed by atoms with E-state index in [1.165, 1.54) is 25.9 Å². The van der Waals surface area contributed by atoms with Crippen LogP contribution in [0, 0.1) is 5.92 Å². The summed E-state index contributed by atoms with van der Waals surface area (Å²) in [6.07, 6.45) is 8.64. The van der Waals surface area contributed by atoms with Crippen LogP contribution in [-0.2, 0) is 11.8 Å². The van der Waals surface area contributed by atoms with Gasteiger partial charge < -0.3 is 10.2 Å². The molecule has 1 aromatic carbocycles. The second-order valence-electron chi connectivity index (χ2n) is 8.52. The Hall–Kier alpha value is -2.87. The maximum absolute atomic E-state index is 12.8. The van der Waals surface area contributed by atoms with Gasteiger partial charge in [0, 0.05) is 30.0 Å². The average Bonchev–Trinajstić information content (AvgIpc) is 3.45. The fourth-order valence-corrected chi connectivity index (χ4v) is 4.78. The number of aryl methyl sites for hydroxylation is 1. The lowest BCUT2D eigenvalue weighted by Gasteiger charge is -2.33. The lowest BCUT2D eigenvalue weighted by atomic mass is 9.85. The minimum absolute atomic E-state index is 0.0623. The van der Waals surface area contributed by atoms with E-state index in [1.54, 1.807) is 4.68 Å². The first-order chi connectivity index (χ1) is 14.7. The molecule has 5 rings (SSSR count).